The maximum absolute atomic E-state index is 12.8. The summed E-state index contributed by atoms with van der Waals surface area (Å²) in [6.07, 6.45) is 3.70. The maximum Gasteiger partial charge on any atom is 0.125 e. The smallest absolute Gasteiger partial charge is 0.125 e. The first-order valence-electron chi connectivity index (χ1n) is 5.07. The molecule has 0 aliphatic carbocycles. The first kappa shape index (κ1) is 15.3. The average Bonchev–Trinajstić information content (AvgIpc) is 2.19. The van der Waals surface area contributed by atoms with Crippen LogP contribution in [0, 0.1) is 5.82 Å². The van der Waals surface area contributed by atoms with Crippen molar-refractivity contribution in [3.63, 3.8) is 0 Å². The number of anilines is 2. The molecular formula is C11H17Cl2FN2. The molecule has 0 radical (unpaired) electrons. The van der Waals surface area contributed by atoms with Crippen molar-refractivity contribution in [3.8, 4) is 0 Å². The highest BCUT2D eigenvalue weighted by molar-refractivity contribution is 5.85. The Kier molecular flexibility index (Phi) is 6.53. The Hall–Kier alpha value is -0.670. The Morgan fingerprint density at radius 2 is 1.69 bits per heavy atom. The topological polar surface area (TPSA) is 29.3 Å². The highest BCUT2D eigenvalue weighted by atomic mass is 35.5. The molecule has 5 heteroatoms. The summed E-state index contributed by atoms with van der Waals surface area (Å²) >= 11 is 0. The Morgan fingerprint density at radius 1 is 1.06 bits per heavy atom. The molecule has 0 saturated carbocycles. The van der Waals surface area contributed by atoms with Crippen molar-refractivity contribution in [2.24, 2.45) is 0 Å². The van der Waals surface area contributed by atoms with Crippen LogP contribution in [0.5, 0.6) is 0 Å². The van der Waals surface area contributed by atoms with E-state index in [9.17, 15) is 4.39 Å². The van der Waals surface area contributed by atoms with Crippen molar-refractivity contribution >= 4 is 36.2 Å². The van der Waals surface area contributed by atoms with Gasteiger partial charge < -0.3 is 10.6 Å². The molecule has 0 amide bonds. The molecule has 2 N–H and O–H groups in total. The van der Waals surface area contributed by atoms with Crippen LogP contribution in [0.4, 0.5) is 15.8 Å². The van der Waals surface area contributed by atoms with Gasteiger partial charge in [0.2, 0.25) is 0 Å². The molecule has 2 rings (SSSR count). The van der Waals surface area contributed by atoms with Crippen molar-refractivity contribution < 1.29 is 4.39 Å². The number of nitrogens with two attached hydrogens (primary N) is 1. The number of benzene rings is 1. The Balaban J connectivity index is 0.00000112. The second-order valence-corrected chi connectivity index (χ2v) is 3.75. The zero-order valence-electron chi connectivity index (χ0n) is 8.99. The molecule has 0 atom stereocenters. The van der Waals surface area contributed by atoms with Crippen molar-refractivity contribution in [3.05, 3.63) is 24.0 Å². The van der Waals surface area contributed by atoms with E-state index in [4.69, 9.17) is 5.73 Å². The molecule has 0 aromatic heterocycles. The van der Waals surface area contributed by atoms with E-state index in [1.807, 2.05) is 0 Å². The predicted octanol–water partition coefficient (Wildman–Crippen LogP) is 3.24. The Labute approximate surface area is 108 Å². The second-order valence-electron chi connectivity index (χ2n) is 3.75. The molecule has 1 heterocycles. The minimum atomic E-state index is -0.261. The lowest BCUT2D eigenvalue weighted by molar-refractivity contribution is 0.577. The third kappa shape index (κ3) is 3.42. The summed E-state index contributed by atoms with van der Waals surface area (Å²) in [6.45, 7) is 2.08. The van der Waals surface area contributed by atoms with Crippen molar-refractivity contribution in [1.82, 2.24) is 0 Å². The Bertz CT molecular complexity index is 328. The molecular weight excluding hydrogens is 250 g/mol. The molecule has 0 spiro atoms. The normalized spacial score (nSPS) is 14.9. The van der Waals surface area contributed by atoms with Gasteiger partial charge in [-0.25, -0.2) is 4.39 Å². The number of hydrogen-bond donors (Lipinski definition) is 1. The van der Waals surface area contributed by atoms with Gasteiger partial charge in [-0.3, -0.25) is 0 Å². The molecule has 1 aliphatic heterocycles. The highest BCUT2D eigenvalue weighted by Crippen LogP contribution is 2.26. The van der Waals surface area contributed by atoms with Gasteiger partial charge in [-0.1, -0.05) is 0 Å². The van der Waals surface area contributed by atoms with E-state index in [-0.39, 0.29) is 30.6 Å². The van der Waals surface area contributed by atoms with Crippen LogP contribution in [0.25, 0.3) is 0 Å². The van der Waals surface area contributed by atoms with E-state index in [0.29, 0.717) is 5.69 Å². The van der Waals surface area contributed by atoms with Crippen molar-refractivity contribution in [2.45, 2.75) is 19.3 Å². The van der Waals surface area contributed by atoms with Gasteiger partial charge in [0.25, 0.3) is 0 Å². The van der Waals surface area contributed by atoms with Crippen LogP contribution >= 0.6 is 24.8 Å². The van der Waals surface area contributed by atoms with Gasteiger partial charge in [0, 0.05) is 13.1 Å². The molecule has 0 bridgehead atoms. The number of nitrogens with zero attached hydrogens (tertiary/aromatic N) is 1. The van der Waals surface area contributed by atoms with Crippen LogP contribution < -0.4 is 10.6 Å². The maximum atomic E-state index is 12.8. The van der Waals surface area contributed by atoms with Crippen molar-refractivity contribution in [1.29, 1.82) is 0 Å². The van der Waals surface area contributed by atoms with E-state index in [2.05, 4.69) is 4.90 Å². The summed E-state index contributed by atoms with van der Waals surface area (Å²) in [7, 11) is 0. The Morgan fingerprint density at radius 3 is 2.25 bits per heavy atom. The zero-order valence-corrected chi connectivity index (χ0v) is 10.6. The summed E-state index contributed by atoms with van der Waals surface area (Å²) in [5.41, 5.74) is 7.30. The summed E-state index contributed by atoms with van der Waals surface area (Å²) < 4.78 is 12.8. The van der Waals surface area contributed by atoms with E-state index < -0.39 is 0 Å². The lowest BCUT2D eigenvalue weighted by Crippen LogP contribution is -2.30. The first-order chi connectivity index (χ1) is 6.77. The highest BCUT2D eigenvalue weighted by Gasteiger charge is 2.13. The molecule has 1 aromatic rings. The average molecular weight is 267 g/mol. The molecule has 2 nitrogen and oxygen atoms in total. The van der Waals surface area contributed by atoms with Gasteiger partial charge >= 0.3 is 0 Å². The van der Waals surface area contributed by atoms with Crippen molar-refractivity contribution in [2.75, 3.05) is 23.7 Å². The molecule has 1 aliphatic rings. The number of rotatable bonds is 1. The van der Waals surface area contributed by atoms with E-state index in [0.717, 1.165) is 18.8 Å². The lowest BCUT2D eigenvalue weighted by atomic mass is 10.1. The van der Waals surface area contributed by atoms with Crippen LogP contribution in [-0.4, -0.2) is 13.1 Å². The second kappa shape index (κ2) is 6.81. The van der Waals surface area contributed by atoms with Crippen LogP contribution in [0.15, 0.2) is 18.2 Å². The van der Waals surface area contributed by atoms with Gasteiger partial charge in [-0.05, 0) is 37.5 Å². The van der Waals surface area contributed by atoms with Crippen LogP contribution in [0.2, 0.25) is 0 Å². The van der Waals surface area contributed by atoms with Crippen LogP contribution in [0.3, 0.4) is 0 Å². The molecule has 92 valence electrons. The fraction of sp³-hybridized carbons (Fsp3) is 0.455. The summed E-state index contributed by atoms with van der Waals surface area (Å²) in [4.78, 5) is 2.23. The lowest BCUT2D eigenvalue weighted by Gasteiger charge is -2.29. The van der Waals surface area contributed by atoms with Gasteiger partial charge in [-0.15, -0.1) is 24.8 Å². The minimum absolute atomic E-state index is 0. The van der Waals surface area contributed by atoms with Gasteiger partial charge in [0.15, 0.2) is 0 Å². The minimum Gasteiger partial charge on any atom is -0.397 e. The fourth-order valence-corrected chi connectivity index (χ4v) is 1.95. The number of nitrogen functional groups attached to an aromatic ring is 1. The summed E-state index contributed by atoms with van der Waals surface area (Å²) in [5.74, 6) is -0.261. The number of halogens is 3. The molecule has 16 heavy (non-hydrogen) atoms. The fourth-order valence-electron chi connectivity index (χ4n) is 1.95. The number of piperidine rings is 1. The predicted molar refractivity (Wildman–Crippen MR) is 71.4 cm³/mol. The van der Waals surface area contributed by atoms with E-state index in [1.54, 1.807) is 6.07 Å². The first-order valence-corrected chi connectivity index (χ1v) is 5.07. The van der Waals surface area contributed by atoms with Gasteiger partial charge in [0.05, 0.1) is 11.4 Å². The van der Waals surface area contributed by atoms with Gasteiger partial charge in [0.1, 0.15) is 5.82 Å². The van der Waals surface area contributed by atoms with E-state index >= 15 is 0 Å². The number of hydrogen-bond acceptors (Lipinski definition) is 2. The molecule has 1 fully saturated rings. The van der Waals surface area contributed by atoms with Crippen LogP contribution in [-0.2, 0) is 0 Å². The SMILES string of the molecule is Cl.Cl.Nc1cc(F)ccc1N1CCCCC1. The van der Waals surface area contributed by atoms with E-state index in [1.165, 1.54) is 31.4 Å². The molecule has 1 aromatic carbocycles. The standard InChI is InChI=1S/C11H15FN2.2ClH/c12-9-4-5-11(10(13)8-9)14-6-2-1-3-7-14;;/h4-5,8H,1-3,6-7,13H2;2*1H. The largest absolute Gasteiger partial charge is 0.397 e. The summed E-state index contributed by atoms with van der Waals surface area (Å²) in [5, 5.41) is 0. The quantitative estimate of drug-likeness (QED) is 0.791. The molecule has 0 unspecified atom stereocenters. The summed E-state index contributed by atoms with van der Waals surface area (Å²) in [6, 6.07) is 4.64. The van der Waals surface area contributed by atoms with Gasteiger partial charge in [-0.2, -0.15) is 0 Å². The molecule has 1 saturated heterocycles. The third-order valence-electron chi connectivity index (χ3n) is 2.69. The third-order valence-corrected chi connectivity index (χ3v) is 2.69. The zero-order chi connectivity index (χ0) is 9.97. The monoisotopic (exact) mass is 266 g/mol. The van der Waals surface area contributed by atoms with Crippen LogP contribution in [0.1, 0.15) is 19.3 Å².